The molecule has 0 amide bonds. The maximum atomic E-state index is 6.15. The third-order valence-electron chi connectivity index (χ3n) is 2.84. The van der Waals surface area contributed by atoms with Gasteiger partial charge in [-0.15, -0.1) is 0 Å². The first-order valence-corrected chi connectivity index (χ1v) is 5.50. The Labute approximate surface area is 90.0 Å². The average Bonchev–Trinajstić information content (AvgIpc) is 2.70. The van der Waals surface area contributed by atoms with Gasteiger partial charge in [-0.05, 0) is 12.1 Å². The monoisotopic (exact) mass is 208 g/mol. The van der Waals surface area contributed by atoms with Gasteiger partial charge in [0.2, 0.25) is 0 Å². The van der Waals surface area contributed by atoms with Crippen molar-refractivity contribution >= 4 is 17.3 Å². The van der Waals surface area contributed by atoms with Crippen molar-refractivity contribution in [2.24, 2.45) is 0 Å². The fraction of sp³-hybridized carbons (Fsp3) is 0.417. The quantitative estimate of drug-likeness (QED) is 0.625. The van der Waals surface area contributed by atoms with Gasteiger partial charge in [0.25, 0.3) is 0 Å². The van der Waals surface area contributed by atoms with Crippen LogP contribution in [0.3, 0.4) is 0 Å². The summed E-state index contributed by atoms with van der Waals surface area (Å²) >= 11 is 6.15. The smallest absolute Gasteiger partial charge is 0.181 e. The molecule has 1 aromatic rings. The summed E-state index contributed by atoms with van der Waals surface area (Å²) in [5, 5.41) is 0.858. The predicted octanol–water partition coefficient (Wildman–Crippen LogP) is 2.96. The van der Waals surface area contributed by atoms with Crippen LogP contribution in [0.1, 0.15) is 25.3 Å². The van der Waals surface area contributed by atoms with Crippen LogP contribution in [-0.4, -0.2) is 23.4 Å². The van der Waals surface area contributed by atoms with Crippen molar-refractivity contribution in [1.82, 2.24) is 0 Å². The first-order chi connectivity index (χ1) is 6.79. The van der Waals surface area contributed by atoms with Crippen LogP contribution in [-0.2, 0) is 0 Å². The fourth-order valence-corrected chi connectivity index (χ4v) is 2.25. The van der Waals surface area contributed by atoms with Gasteiger partial charge in [-0.25, -0.2) is 4.58 Å². The highest BCUT2D eigenvalue weighted by molar-refractivity contribution is 6.33. The van der Waals surface area contributed by atoms with E-state index in [-0.39, 0.29) is 0 Å². The molecule has 0 aliphatic carbocycles. The summed E-state index contributed by atoms with van der Waals surface area (Å²) in [6, 6.07) is 8.07. The summed E-state index contributed by atoms with van der Waals surface area (Å²) < 4.78 is 2.42. The molecule has 1 fully saturated rings. The molecule has 0 unspecified atom stereocenters. The molecule has 1 nitrogen and oxygen atoms in total. The Bertz CT molecular complexity index is 360. The Hall–Kier alpha value is -0.820. The van der Waals surface area contributed by atoms with E-state index in [2.05, 4.69) is 17.6 Å². The largest absolute Gasteiger partial charge is 0.233 e. The highest BCUT2D eigenvalue weighted by Gasteiger charge is 2.18. The molecule has 0 atom stereocenters. The molecule has 1 aliphatic heterocycles. The summed E-state index contributed by atoms with van der Waals surface area (Å²) in [4.78, 5) is 0. The Kier molecular flexibility index (Phi) is 2.87. The lowest BCUT2D eigenvalue weighted by Crippen LogP contribution is -2.16. The molecule has 1 heterocycles. The molecule has 2 rings (SSSR count). The second-order valence-electron chi connectivity index (χ2n) is 3.76. The third kappa shape index (κ3) is 1.83. The van der Waals surface area contributed by atoms with Crippen molar-refractivity contribution in [1.29, 1.82) is 0 Å². The molecule has 0 radical (unpaired) electrons. The average molecular weight is 209 g/mol. The van der Waals surface area contributed by atoms with Crippen LogP contribution in [0.5, 0.6) is 0 Å². The second-order valence-corrected chi connectivity index (χ2v) is 4.17. The molecule has 0 saturated carbocycles. The second kappa shape index (κ2) is 4.14. The summed E-state index contributed by atoms with van der Waals surface area (Å²) in [7, 11) is 0. The Balaban J connectivity index is 2.39. The number of rotatable bonds is 1. The lowest BCUT2D eigenvalue weighted by molar-refractivity contribution is -0.506. The maximum Gasteiger partial charge on any atom is 0.181 e. The van der Waals surface area contributed by atoms with Crippen molar-refractivity contribution in [3.8, 4) is 0 Å². The molecular weight excluding hydrogens is 194 g/mol. The number of halogens is 1. The van der Waals surface area contributed by atoms with Crippen LogP contribution in [0.2, 0.25) is 5.02 Å². The van der Waals surface area contributed by atoms with Crippen molar-refractivity contribution < 1.29 is 4.58 Å². The van der Waals surface area contributed by atoms with Crippen LogP contribution >= 0.6 is 11.6 Å². The molecule has 1 saturated heterocycles. The molecule has 1 aromatic carbocycles. The Morgan fingerprint density at radius 3 is 2.50 bits per heavy atom. The zero-order valence-electron chi connectivity index (χ0n) is 8.46. The highest BCUT2D eigenvalue weighted by atomic mass is 35.5. The van der Waals surface area contributed by atoms with Gasteiger partial charge in [-0.3, -0.25) is 0 Å². The van der Waals surface area contributed by atoms with Crippen LogP contribution in [0.25, 0.3) is 0 Å². The van der Waals surface area contributed by atoms with Crippen LogP contribution in [0.15, 0.2) is 24.3 Å². The minimum Gasteiger partial charge on any atom is -0.233 e. The van der Waals surface area contributed by atoms with E-state index < -0.39 is 0 Å². The lowest BCUT2D eigenvalue weighted by Gasteiger charge is -2.02. The molecule has 0 aromatic heterocycles. The zero-order chi connectivity index (χ0) is 9.97. The number of nitrogens with zero attached hydrogens (tertiary/aromatic N) is 1. The normalized spacial score (nSPS) is 16.0. The van der Waals surface area contributed by atoms with Gasteiger partial charge in [0.15, 0.2) is 5.71 Å². The number of hydrogen-bond acceptors (Lipinski definition) is 0. The summed E-state index contributed by atoms with van der Waals surface area (Å²) in [6.07, 6.45) is 2.61. The zero-order valence-corrected chi connectivity index (χ0v) is 9.22. The number of hydrogen-bond donors (Lipinski definition) is 0. The molecule has 1 aliphatic rings. The van der Waals surface area contributed by atoms with E-state index >= 15 is 0 Å². The van der Waals surface area contributed by atoms with E-state index in [1.807, 2.05) is 18.2 Å². The number of benzene rings is 1. The molecule has 0 spiro atoms. The topological polar surface area (TPSA) is 3.01 Å². The Morgan fingerprint density at radius 1 is 1.21 bits per heavy atom. The molecule has 74 valence electrons. The van der Waals surface area contributed by atoms with Crippen molar-refractivity contribution in [3.63, 3.8) is 0 Å². The molecule has 14 heavy (non-hydrogen) atoms. The molecular formula is C12H15ClN+. The van der Waals surface area contributed by atoms with Gasteiger partial charge in [-0.2, -0.15) is 0 Å². The van der Waals surface area contributed by atoms with Gasteiger partial charge >= 0.3 is 0 Å². The predicted molar refractivity (Wildman–Crippen MR) is 60.5 cm³/mol. The van der Waals surface area contributed by atoms with Crippen LogP contribution in [0, 0.1) is 0 Å². The maximum absolute atomic E-state index is 6.15. The van der Waals surface area contributed by atoms with Crippen LogP contribution < -0.4 is 0 Å². The van der Waals surface area contributed by atoms with E-state index in [1.54, 1.807) is 0 Å². The van der Waals surface area contributed by atoms with E-state index in [4.69, 9.17) is 11.6 Å². The summed E-state index contributed by atoms with van der Waals surface area (Å²) in [5.41, 5.74) is 2.49. The van der Waals surface area contributed by atoms with Gasteiger partial charge < -0.3 is 0 Å². The van der Waals surface area contributed by atoms with Gasteiger partial charge in [0, 0.05) is 19.8 Å². The third-order valence-corrected chi connectivity index (χ3v) is 3.17. The SMILES string of the molecule is CC(c1ccccc1Cl)=[N+]1CCCC1. The first-order valence-electron chi connectivity index (χ1n) is 5.12. The highest BCUT2D eigenvalue weighted by Crippen LogP contribution is 2.17. The summed E-state index contributed by atoms with van der Waals surface area (Å²) in [5.74, 6) is 0. The van der Waals surface area contributed by atoms with Gasteiger partial charge in [-0.1, -0.05) is 23.7 Å². The fourth-order valence-electron chi connectivity index (χ4n) is 1.98. The standard InChI is InChI=1S/C12H15ClN/c1-10(14-8-4-5-9-14)11-6-2-3-7-12(11)13/h2-3,6-7H,4-5,8-9H2,1H3/q+1. The van der Waals surface area contributed by atoms with Crippen LogP contribution in [0.4, 0.5) is 0 Å². The van der Waals surface area contributed by atoms with Crippen molar-refractivity contribution in [3.05, 3.63) is 34.9 Å². The van der Waals surface area contributed by atoms with E-state index in [1.165, 1.54) is 37.2 Å². The summed E-state index contributed by atoms with van der Waals surface area (Å²) in [6.45, 7) is 4.51. The van der Waals surface area contributed by atoms with E-state index in [0.717, 1.165) is 5.02 Å². The Morgan fingerprint density at radius 2 is 1.86 bits per heavy atom. The minimum atomic E-state index is 0.858. The molecule has 0 N–H and O–H groups in total. The van der Waals surface area contributed by atoms with Gasteiger partial charge in [0.05, 0.1) is 10.6 Å². The van der Waals surface area contributed by atoms with E-state index in [0.29, 0.717) is 0 Å². The van der Waals surface area contributed by atoms with Crippen molar-refractivity contribution in [2.45, 2.75) is 19.8 Å². The van der Waals surface area contributed by atoms with E-state index in [9.17, 15) is 0 Å². The minimum absolute atomic E-state index is 0.858. The lowest BCUT2D eigenvalue weighted by atomic mass is 10.1. The van der Waals surface area contributed by atoms with Gasteiger partial charge in [0.1, 0.15) is 13.1 Å². The molecule has 0 bridgehead atoms. The first kappa shape index (κ1) is 9.72. The van der Waals surface area contributed by atoms with Crippen molar-refractivity contribution in [2.75, 3.05) is 13.1 Å². The molecule has 2 heteroatoms.